The van der Waals surface area contributed by atoms with E-state index in [4.69, 9.17) is 9.52 Å². The van der Waals surface area contributed by atoms with Crippen LogP contribution in [0.15, 0.2) is 99.3 Å². The number of thiophene rings is 1. The largest absolute Gasteiger partial charge is 0.478 e. The summed E-state index contributed by atoms with van der Waals surface area (Å²) >= 11 is 1.51. The van der Waals surface area contributed by atoms with Crippen LogP contribution in [0.4, 0.5) is 5.69 Å². The Morgan fingerprint density at radius 3 is 2.44 bits per heavy atom. The molecule has 3 heterocycles. The first kappa shape index (κ1) is 19.7. The number of amides is 1. The predicted octanol–water partition coefficient (Wildman–Crippen LogP) is 5.54. The van der Waals surface area contributed by atoms with E-state index in [-0.39, 0.29) is 11.5 Å². The van der Waals surface area contributed by atoms with Gasteiger partial charge in [0.25, 0.3) is 5.91 Å². The van der Waals surface area contributed by atoms with Gasteiger partial charge in [-0.25, -0.2) is 4.79 Å². The third-order valence-electron chi connectivity index (χ3n) is 4.96. The zero-order valence-corrected chi connectivity index (χ0v) is 17.5. The highest BCUT2D eigenvalue weighted by atomic mass is 32.1. The number of carboxylic acids is 1. The minimum absolute atomic E-state index is 0.206. The maximum atomic E-state index is 13.2. The Kier molecular flexibility index (Phi) is 5.01. The molecule has 6 nitrogen and oxygen atoms in total. The number of carboxylic acid groups (broad SMARTS) is 1. The summed E-state index contributed by atoms with van der Waals surface area (Å²) in [4.78, 5) is 25.2. The summed E-state index contributed by atoms with van der Waals surface area (Å²) in [7, 11) is 0. The molecular weight excluding hydrogens is 424 g/mol. The van der Waals surface area contributed by atoms with Crippen molar-refractivity contribution >= 4 is 40.7 Å². The predicted molar refractivity (Wildman–Crippen MR) is 124 cm³/mol. The number of para-hydroxylation sites is 1. The van der Waals surface area contributed by atoms with Gasteiger partial charge in [-0.2, -0.15) is 10.1 Å². The lowest BCUT2D eigenvalue weighted by Crippen LogP contribution is -2.21. The Morgan fingerprint density at radius 2 is 1.75 bits per heavy atom. The van der Waals surface area contributed by atoms with Gasteiger partial charge in [0.05, 0.1) is 21.7 Å². The molecule has 0 saturated carbocycles. The molecule has 0 unspecified atom stereocenters. The van der Waals surface area contributed by atoms with Crippen LogP contribution in [0, 0.1) is 0 Å². The summed E-state index contributed by atoms with van der Waals surface area (Å²) in [5.41, 5.74) is 2.68. The zero-order valence-electron chi connectivity index (χ0n) is 16.6. The van der Waals surface area contributed by atoms with Crippen LogP contribution in [-0.4, -0.2) is 22.7 Å². The van der Waals surface area contributed by atoms with Crippen molar-refractivity contribution in [3.05, 3.63) is 106 Å². The standard InChI is InChI=1S/C25H16N2O4S/c28-24-20(15-19-12-13-21(31-19)16-8-10-17(11-9-16)25(29)30)23(22-7-4-14-32-22)26-27(24)18-5-2-1-3-6-18/h1-15H,(H,29,30)/b20-15-. The number of rotatable bonds is 5. The van der Waals surface area contributed by atoms with Gasteiger partial charge in [0, 0.05) is 5.56 Å². The van der Waals surface area contributed by atoms with Crippen LogP contribution in [0.5, 0.6) is 0 Å². The highest BCUT2D eigenvalue weighted by Gasteiger charge is 2.32. The van der Waals surface area contributed by atoms with Crippen molar-refractivity contribution in [2.24, 2.45) is 5.10 Å². The van der Waals surface area contributed by atoms with Crippen molar-refractivity contribution < 1.29 is 19.1 Å². The van der Waals surface area contributed by atoms with Crippen LogP contribution in [0.2, 0.25) is 0 Å². The quantitative estimate of drug-likeness (QED) is 0.413. The van der Waals surface area contributed by atoms with Crippen LogP contribution >= 0.6 is 11.3 Å². The average molecular weight is 440 g/mol. The van der Waals surface area contributed by atoms with Gasteiger partial charge in [-0.05, 0) is 53.9 Å². The van der Waals surface area contributed by atoms with Crippen molar-refractivity contribution in [2.75, 3.05) is 5.01 Å². The first-order valence-corrected chi connectivity index (χ1v) is 10.7. The summed E-state index contributed by atoms with van der Waals surface area (Å²) in [6, 6.07) is 23.1. The molecule has 2 aromatic carbocycles. The molecular formula is C25H16N2O4S. The SMILES string of the molecule is O=C(O)c1ccc(-c2ccc(/C=C3\C(=O)N(c4ccccc4)N=C3c3cccs3)o2)cc1. The molecule has 0 radical (unpaired) electrons. The molecule has 1 N–H and O–H groups in total. The normalized spacial score (nSPS) is 14.8. The van der Waals surface area contributed by atoms with E-state index in [1.165, 1.54) is 28.5 Å². The third kappa shape index (κ3) is 3.66. The second-order valence-electron chi connectivity index (χ2n) is 7.02. The van der Waals surface area contributed by atoms with E-state index < -0.39 is 5.97 Å². The van der Waals surface area contributed by atoms with E-state index in [0.717, 1.165) is 10.4 Å². The number of benzene rings is 2. The minimum Gasteiger partial charge on any atom is -0.478 e. The van der Waals surface area contributed by atoms with Crippen LogP contribution in [0.1, 0.15) is 21.0 Å². The van der Waals surface area contributed by atoms with Gasteiger partial charge in [0.1, 0.15) is 17.2 Å². The summed E-state index contributed by atoms with van der Waals surface area (Å²) in [6.45, 7) is 0. The Morgan fingerprint density at radius 1 is 0.969 bits per heavy atom. The summed E-state index contributed by atoms with van der Waals surface area (Å²) < 4.78 is 5.94. The molecule has 4 aromatic rings. The van der Waals surface area contributed by atoms with Crippen LogP contribution in [0.3, 0.4) is 0 Å². The van der Waals surface area contributed by atoms with Gasteiger partial charge >= 0.3 is 5.97 Å². The second-order valence-corrected chi connectivity index (χ2v) is 7.97. The first-order chi connectivity index (χ1) is 15.6. The molecule has 1 aliphatic heterocycles. The fourth-order valence-corrected chi connectivity index (χ4v) is 4.11. The Labute approximate surface area is 187 Å². The Balaban J connectivity index is 1.50. The lowest BCUT2D eigenvalue weighted by molar-refractivity contribution is -0.114. The minimum atomic E-state index is -0.982. The summed E-state index contributed by atoms with van der Waals surface area (Å²) in [6.07, 6.45) is 1.69. The topological polar surface area (TPSA) is 83.1 Å². The number of aromatic carboxylic acids is 1. The fraction of sp³-hybridized carbons (Fsp3) is 0. The molecule has 7 heteroatoms. The van der Waals surface area contributed by atoms with E-state index in [1.807, 2.05) is 47.8 Å². The molecule has 0 atom stereocenters. The molecule has 0 fully saturated rings. The Hall–Kier alpha value is -4.23. The molecule has 1 amide bonds. The number of anilines is 1. The van der Waals surface area contributed by atoms with Gasteiger partial charge in [0.2, 0.25) is 0 Å². The lowest BCUT2D eigenvalue weighted by atomic mass is 10.1. The third-order valence-corrected chi connectivity index (χ3v) is 5.84. The molecule has 0 saturated heterocycles. The summed E-state index contributed by atoms with van der Waals surface area (Å²) in [5.74, 6) is -0.133. The molecule has 0 aliphatic carbocycles. The maximum Gasteiger partial charge on any atom is 0.335 e. The molecule has 1 aliphatic rings. The number of hydrazone groups is 1. The molecule has 5 rings (SSSR count). The molecule has 156 valence electrons. The van der Waals surface area contributed by atoms with Gasteiger partial charge in [0.15, 0.2) is 0 Å². The smallest absolute Gasteiger partial charge is 0.335 e. The summed E-state index contributed by atoms with van der Waals surface area (Å²) in [5, 5.41) is 17.0. The van der Waals surface area contributed by atoms with Crippen molar-refractivity contribution in [1.29, 1.82) is 0 Å². The van der Waals surface area contributed by atoms with Crippen molar-refractivity contribution in [3.63, 3.8) is 0 Å². The van der Waals surface area contributed by atoms with Gasteiger partial charge in [-0.15, -0.1) is 11.3 Å². The number of hydrogen-bond acceptors (Lipinski definition) is 5. The molecule has 32 heavy (non-hydrogen) atoms. The first-order valence-electron chi connectivity index (χ1n) is 9.78. The number of hydrogen-bond donors (Lipinski definition) is 1. The van der Waals surface area contributed by atoms with E-state index in [9.17, 15) is 9.59 Å². The molecule has 0 bridgehead atoms. The van der Waals surface area contributed by atoms with E-state index >= 15 is 0 Å². The fourth-order valence-electron chi connectivity index (χ4n) is 3.39. The number of carbonyl (C=O) groups is 2. The van der Waals surface area contributed by atoms with Crippen LogP contribution in [0.25, 0.3) is 17.4 Å². The lowest BCUT2D eigenvalue weighted by Gasteiger charge is -2.10. The van der Waals surface area contributed by atoms with Crippen molar-refractivity contribution in [1.82, 2.24) is 0 Å². The maximum absolute atomic E-state index is 13.2. The van der Waals surface area contributed by atoms with Gasteiger partial charge in [-0.3, -0.25) is 4.79 Å². The Bertz CT molecular complexity index is 1350. The van der Waals surface area contributed by atoms with Crippen molar-refractivity contribution in [3.8, 4) is 11.3 Å². The monoisotopic (exact) mass is 440 g/mol. The van der Waals surface area contributed by atoms with Crippen LogP contribution in [-0.2, 0) is 4.79 Å². The van der Waals surface area contributed by atoms with Crippen molar-refractivity contribution in [2.45, 2.75) is 0 Å². The molecule has 0 spiro atoms. The van der Waals surface area contributed by atoms with E-state index in [0.29, 0.717) is 28.5 Å². The van der Waals surface area contributed by atoms with Gasteiger partial charge in [-0.1, -0.05) is 36.4 Å². The second kappa shape index (κ2) is 8.13. The van der Waals surface area contributed by atoms with Gasteiger partial charge < -0.3 is 9.52 Å². The van der Waals surface area contributed by atoms with E-state index in [1.54, 1.807) is 30.3 Å². The molecule has 2 aromatic heterocycles. The van der Waals surface area contributed by atoms with E-state index in [2.05, 4.69) is 5.10 Å². The number of carbonyl (C=O) groups excluding carboxylic acids is 1. The highest BCUT2D eigenvalue weighted by molar-refractivity contribution is 7.12. The number of nitrogens with zero attached hydrogens (tertiary/aromatic N) is 2. The van der Waals surface area contributed by atoms with Crippen LogP contribution < -0.4 is 5.01 Å². The number of furan rings is 1. The zero-order chi connectivity index (χ0) is 22.1. The highest BCUT2D eigenvalue weighted by Crippen LogP contribution is 2.30. The average Bonchev–Trinajstić information content (AvgIpc) is 3.57.